The summed E-state index contributed by atoms with van der Waals surface area (Å²) in [5, 5.41) is 10.6. The van der Waals surface area contributed by atoms with Crippen molar-refractivity contribution in [3.05, 3.63) is 36.2 Å². The number of carbonyl (C=O) groups is 1. The van der Waals surface area contributed by atoms with Gasteiger partial charge >= 0.3 is 0 Å². The fraction of sp³-hybridized carbons (Fsp3) is 0.438. The summed E-state index contributed by atoms with van der Waals surface area (Å²) in [6, 6.07) is 7.53. The molecule has 2 atom stereocenters. The first-order valence-corrected chi connectivity index (χ1v) is 7.41. The van der Waals surface area contributed by atoms with E-state index in [1.165, 1.54) is 25.7 Å². The third-order valence-electron chi connectivity index (χ3n) is 4.18. The molecule has 1 aliphatic carbocycles. The molecular formula is C16H19N3O2. The van der Waals surface area contributed by atoms with E-state index in [9.17, 15) is 4.79 Å². The van der Waals surface area contributed by atoms with Crippen LogP contribution in [0.3, 0.4) is 0 Å². The van der Waals surface area contributed by atoms with Crippen molar-refractivity contribution in [2.24, 2.45) is 5.92 Å². The quantitative estimate of drug-likeness (QED) is 0.941. The Morgan fingerprint density at radius 1 is 1.24 bits per heavy atom. The Morgan fingerprint density at radius 3 is 2.67 bits per heavy atom. The summed E-state index contributed by atoms with van der Waals surface area (Å²) >= 11 is 0. The molecule has 1 fully saturated rings. The van der Waals surface area contributed by atoms with Crippen molar-refractivity contribution in [3.8, 4) is 11.5 Å². The second kappa shape index (κ2) is 6.08. The Morgan fingerprint density at radius 2 is 2.00 bits per heavy atom. The summed E-state index contributed by atoms with van der Waals surface area (Å²) in [5.41, 5.74) is 1.48. The number of aromatic nitrogens is 2. The van der Waals surface area contributed by atoms with Gasteiger partial charge in [-0.15, -0.1) is 10.2 Å². The molecule has 0 radical (unpaired) electrons. The highest BCUT2D eigenvalue weighted by molar-refractivity contribution is 5.94. The number of carbonyl (C=O) groups excluding carboxylic acids is 1. The lowest BCUT2D eigenvalue weighted by Gasteiger charge is -2.29. The van der Waals surface area contributed by atoms with Gasteiger partial charge in [0.25, 0.3) is 5.91 Å². The average Bonchev–Trinajstić information content (AvgIpc) is 3.04. The second-order valence-corrected chi connectivity index (χ2v) is 5.66. The highest BCUT2D eigenvalue weighted by Gasteiger charge is 2.23. The predicted molar refractivity (Wildman–Crippen MR) is 78.6 cm³/mol. The number of hydrogen-bond acceptors (Lipinski definition) is 4. The molecule has 2 aromatic rings. The van der Waals surface area contributed by atoms with Crippen molar-refractivity contribution in [2.45, 2.75) is 38.6 Å². The van der Waals surface area contributed by atoms with E-state index in [0.717, 1.165) is 12.0 Å². The van der Waals surface area contributed by atoms with E-state index in [0.29, 0.717) is 23.4 Å². The molecule has 1 aromatic carbocycles. The maximum Gasteiger partial charge on any atom is 0.251 e. The van der Waals surface area contributed by atoms with Crippen LogP contribution in [0.15, 0.2) is 35.1 Å². The Hall–Kier alpha value is -2.17. The number of hydrogen-bond donors (Lipinski definition) is 1. The van der Waals surface area contributed by atoms with Crippen molar-refractivity contribution < 1.29 is 9.21 Å². The summed E-state index contributed by atoms with van der Waals surface area (Å²) in [6.45, 7) is 2.21. The molecule has 5 nitrogen and oxygen atoms in total. The summed E-state index contributed by atoms with van der Waals surface area (Å²) in [7, 11) is 0. The van der Waals surface area contributed by atoms with Gasteiger partial charge in [-0.05, 0) is 43.0 Å². The molecule has 1 saturated carbocycles. The molecule has 0 aliphatic heterocycles. The van der Waals surface area contributed by atoms with Crippen molar-refractivity contribution in [1.29, 1.82) is 0 Å². The topological polar surface area (TPSA) is 68.0 Å². The van der Waals surface area contributed by atoms with Crippen LogP contribution < -0.4 is 5.32 Å². The van der Waals surface area contributed by atoms with Crippen molar-refractivity contribution >= 4 is 5.91 Å². The zero-order chi connectivity index (χ0) is 14.7. The van der Waals surface area contributed by atoms with Gasteiger partial charge in [0, 0.05) is 17.2 Å². The molecule has 21 heavy (non-hydrogen) atoms. The lowest BCUT2D eigenvalue weighted by atomic mass is 9.86. The fourth-order valence-electron chi connectivity index (χ4n) is 2.85. The SMILES string of the molecule is C[C@H]1CCCC[C@@H]1NC(=O)c1ccc(-c2nnco2)cc1. The van der Waals surface area contributed by atoms with Crippen LogP contribution in [0.4, 0.5) is 0 Å². The van der Waals surface area contributed by atoms with Crippen molar-refractivity contribution in [3.63, 3.8) is 0 Å². The number of nitrogens with one attached hydrogen (secondary N) is 1. The third kappa shape index (κ3) is 3.12. The smallest absolute Gasteiger partial charge is 0.251 e. The minimum Gasteiger partial charge on any atom is -0.423 e. The van der Waals surface area contributed by atoms with Crippen molar-refractivity contribution in [1.82, 2.24) is 15.5 Å². The van der Waals surface area contributed by atoms with Crippen LogP contribution in [0.1, 0.15) is 43.0 Å². The molecule has 110 valence electrons. The predicted octanol–water partition coefficient (Wildman–Crippen LogP) is 3.05. The Balaban J connectivity index is 1.67. The monoisotopic (exact) mass is 285 g/mol. The molecule has 0 unspecified atom stereocenters. The van der Waals surface area contributed by atoms with E-state index in [1.807, 2.05) is 12.1 Å². The molecule has 5 heteroatoms. The van der Waals surface area contributed by atoms with Gasteiger partial charge in [0.05, 0.1) is 0 Å². The first kappa shape index (κ1) is 13.8. The van der Waals surface area contributed by atoms with Crippen LogP contribution in [-0.2, 0) is 0 Å². The van der Waals surface area contributed by atoms with E-state index in [2.05, 4.69) is 22.4 Å². The maximum atomic E-state index is 12.3. The molecular weight excluding hydrogens is 266 g/mol. The van der Waals surface area contributed by atoms with Crippen LogP contribution in [0, 0.1) is 5.92 Å². The van der Waals surface area contributed by atoms with Crippen LogP contribution in [0.5, 0.6) is 0 Å². The van der Waals surface area contributed by atoms with E-state index in [4.69, 9.17) is 4.42 Å². The summed E-state index contributed by atoms with van der Waals surface area (Å²) in [4.78, 5) is 12.3. The summed E-state index contributed by atoms with van der Waals surface area (Å²) in [5.74, 6) is 1.01. The Kier molecular flexibility index (Phi) is 3.99. The van der Waals surface area contributed by atoms with Crippen LogP contribution in [0.25, 0.3) is 11.5 Å². The maximum absolute atomic E-state index is 12.3. The molecule has 0 spiro atoms. The molecule has 1 amide bonds. The Labute approximate surface area is 123 Å². The summed E-state index contributed by atoms with van der Waals surface area (Å²) in [6.07, 6.45) is 6.03. The highest BCUT2D eigenvalue weighted by atomic mass is 16.4. The molecule has 1 N–H and O–H groups in total. The van der Waals surface area contributed by atoms with E-state index < -0.39 is 0 Å². The van der Waals surface area contributed by atoms with E-state index in [-0.39, 0.29) is 5.91 Å². The normalized spacial score (nSPS) is 22.0. The number of rotatable bonds is 3. The van der Waals surface area contributed by atoms with Gasteiger partial charge < -0.3 is 9.73 Å². The van der Waals surface area contributed by atoms with Gasteiger partial charge in [-0.1, -0.05) is 19.8 Å². The minimum atomic E-state index is -0.00849. The largest absolute Gasteiger partial charge is 0.423 e. The molecule has 0 saturated heterocycles. The van der Waals surface area contributed by atoms with E-state index >= 15 is 0 Å². The van der Waals surface area contributed by atoms with Gasteiger partial charge in [-0.25, -0.2) is 0 Å². The lowest BCUT2D eigenvalue weighted by Crippen LogP contribution is -2.41. The zero-order valence-electron chi connectivity index (χ0n) is 12.1. The first-order chi connectivity index (χ1) is 10.2. The number of benzene rings is 1. The molecule has 1 aromatic heterocycles. The minimum absolute atomic E-state index is 0.00849. The number of nitrogens with zero attached hydrogens (tertiary/aromatic N) is 2. The zero-order valence-corrected chi connectivity index (χ0v) is 12.1. The van der Waals surface area contributed by atoms with Crippen LogP contribution in [-0.4, -0.2) is 22.1 Å². The molecule has 3 rings (SSSR count). The van der Waals surface area contributed by atoms with Crippen molar-refractivity contribution in [2.75, 3.05) is 0 Å². The second-order valence-electron chi connectivity index (χ2n) is 5.66. The van der Waals surface area contributed by atoms with Gasteiger partial charge in [0.15, 0.2) is 0 Å². The van der Waals surface area contributed by atoms with Gasteiger partial charge in [-0.2, -0.15) is 0 Å². The lowest BCUT2D eigenvalue weighted by molar-refractivity contribution is 0.0910. The summed E-state index contributed by atoms with van der Waals surface area (Å²) < 4.78 is 5.13. The van der Waals surface area contributed by atoms with Gasteiger partial charge in [-0.3, -0.25) is 4.79 Å². The van der Waals surface area contributed by atoms with Gasteiger partial charge in [0.1, 0.15) is 0 Å². The first-order valence-electron chi connectivity index (χ1n) is 7.41. The molecule has 1 heterocycles. The Bertz CT molecular complexity index is 592. The van der Waals surface area contributed by atoms with Crippen LogP contribution in [0.2, 0.25) is 0 Å². The third-order valence-corrected chi connectivity index (χ3v) is 4.18. The highest BCUT2D eigenvalue weighted by Crippen LogP contribution is 2.24. The standard InChI is InChI=1S/C16H19N3O2/c1-11-4-2-3-5-14(11)18-15(20)12-6-8-13(9-7-12)16-19-17-10-21-16/h6-11,14H,2-5H2,1H3,(H,18,20)/t11-,14-/m0/s1. The fourth-order valence-corrected chi connectivity index (χ4v) is 2.85. The van der Waals surface area contributed by atoms with Gasteiger partial charge in [0.2, 0.25) is 12.3 Å². The molecule has 1 aliphatic rings. The average molecular weight is 285 g/mol. The van der Waals surface area contributed by atoms with Crippen LogP contribution >= 0.6 is 0 Å². The van der Waals surface area contributed by atoms with E-state index in [1.54, 1.807) is 12.1 Å². The molecule has 0 bridgehead atoms. The number of amides is 1.